The summed E-state index contributed by atoms with van der Waals surface area (Å²) in [4.78, 5) is 13.9. The summed E-state index contributed by atoms with van der Waals surface area (Å²) < 4.78 is 0.954. The highest BCUT2D eigenvalue weighted by molar-refractivity contribution is 9.10. The zero-order valence-electron chi connectivity index (χ0n) is 10.6. The molecule has 1 aliphatic rings. The SMILES string of the molecule is CCCCN1C(=O)/C(=C\c2ccccc2Br)NC1=S. The van der Waals surface area contributed by atoms with Crippen LogP contribution in [0.2, 0.25) is 0 Å². The third-order valence-electron chi connectivity index (χ3n) is 2.90. The molecule has 1 aliphatic heterocycles. The van der Waals surface area contributed by atoms with E-state index in [0.717, 1.165) is 22.9 Å². The lowest BCUT2D eigenvalue weighted by Gasteiger charge is -2.12. The van der Waals surface area contributed by atoms with Gasteiger partial charge < -0.3 is 5.32 Å². The second kappa shape index (κ2) is 6.30. The van der Waals surface area contributed by atoms with Crippen LogP contribution < -0.4 is 5.32 Å². The van der Waals surface area contributed by atoms with Gasteiger partial charge in [0.05, 0.1) is 0 Å². The minimum absolute atomic E-state index is 0.0470. The van der Waals surface area contributed by atoms with Crippen molar-refractivity contribution in [1.29, 1.82) is 0 Å². The van der Waals surface area contributed by atoms with Crippen LogP contribution in [0.5, 0.6) is 0 Å². The van der Waals surface area contributed by atoms with Gasteiger partial charge in [-0.15, -0.1) is 0 Å². The summed E-state index contributed by atoms with van der Waals surface area (Å²) in [6.07, 6.45) is 3.82. The van der Waals surface area contributed by atoms with Gasteiger partial charge in [-0.3, -0.25) is 9.69 Å². The van der Waals surface area contributed by atoms with Crippen LogP contribution in [0.4, 0.5) is 0 Å². The number of unbranched alkanes of at least 4 members (excludes halogenated alkanes) is 1. The van der Waals surface area contributed by atoms with Crippen LogP contribution in [0.25, 0.3) is 6.08 Å². The standard InChI is InChI=1S/C14H15BrN2OS/c1-2-3-8-17-13(18)12(16-14(17)19)9-10-6-4-5-7-11(10)15/h4-7,9H,2-3,8H2,1H3,(H,16,19)/b12-9+. The number of thiocarbonyl (C=S) groups is 1. The minimum atomic E-state index is -0.0470. The number of carbonyl (C=O) groups excluding carboxylic acids is 1. The number of nitrogens with zero attached hydrogens (tertiary/aromatic N) is 1. The highest BCUT2D eigenvalue weighted by Crippen LogP contribution is 2.21. The fourth-order valence-corrected chi connectivity index (χ4v) is 2.52. The fraction of sp³-hybridized carbons (Fsp3) is 0.286. The van der Waals surface area contributed by atoms with Crippen LogP contribution in [0, 0.1) is 0 Å². The molecule has 0 radical (unpaired) electrons. The maximum Gasteiger partial charge on any atom is 0.276 e. The number of halogens is 1. The molecular formula is C14H15BrN2OS. The summed E-state index contributed by atoms with van der Waals surface area (Å²) in [5.41, 5.74) is 1.49. The number of amides is 1. The smallest absolute Gasteiger partial charge is 0.276 e. The lowest BCUT2D eigenvalue weighted by molar-refractivity contribution is -0.122. The summed E-state index contributed by atoms with van der Waals surface area (Å²) >= 11 is 8.66. The maximum absolute atomic E-state index is 12.2. The van der Waals surface area contributed by atoms with Crippen molar-refractivity contribution in [3.8, 4) is 0 Å². The van der Waals surface area contributed by atoms with Crippen LogP contribution in [0.15, 0.2) is 34.4 Å². The van der Waals surface area contributed by atoms with E-state index >= 15 is 0 Å². The van der Waals surface area contributed by atoms with Gasteiger partial charge in [0.15, 0.2) is 5.11 Å². The second-order valence-corrected chi connectivity index (χ2v) is 5.56. The van der Waals surface area contributed by atoms with E-state index in [4.69, 9.17) is 12.2 Å². The predicted octanol–water partition coefficient (Wildman–Crippen LogP) is 3.31. The van der Waals surface area contributed by atoms with E-state index < -0.39 is 0 Å². The fourth-order valence-electron chi connectivity index (χ4n) is 1.84. The third kappa shape index (κ3) is 3.22. The molecule has 0 aromatic heterocycles. The molecule has 0 unspecified atom stereocenters. The molecule has 0 aliphatic carbocycles. The number of benzene rings is 1. The van der Waals surface area contributed by atoms with Gasteiger partial charge in [-0.25, -0.2) is 0 Å². The molecule has 1 fully saturated rings. The largest absolute Gasteiger partial charge is 0.328 e. The van der Waals surface area contributed by atoms with Crippen LogP contribution in [-0.2, 0) is 4.79 Å². The molecule has 3 nitrogen and oxygen atoms in total. The molecule has 1 amide bonds. The Labute approximate surface area is 126 Å². The average molecular weight is 339 g/mol. The summed E-state index contributed by atoms with van der Waals surface area (Å²) in [6.45, 7) is 2.77. The lowest BCUT2D eigenvalue weighted by Crippen LogP contribution is -2.31. The van der Waals surface area contributed by atoms with Crippen LogP contribution in [0.3, 0.4) is 0 Å². The molecule has 1 aromatic carbocycles. The van der Waals surface area contributed by atoms with Crippen LogP contribution >= 0.6 is 28.1 Å². The zero-order valence-corrected chi connectivity index (χ0v) is 13.1. The molecule has 100 valence electrons. The summed E-state index contributed by atoms with van der Waals surface area (Å²) in [5, 5.41) is 3.48. The second-order valence-electron chi connectivity index (χ2n) is 4.32. The number of rotatable bonds is 4. The monoisotopic (exact) mass is 338 g/mol. The van der Waals surface area contributed by atoms with E-state index in [1.807, 2.05) is 30.3 Å². The van der Waals surface area contributed by atoms with Gasteiger partial charge in [-0.05, 0) is 36.3 Å². The van der Waals surface area contributed by atoms with Crippen molar-refractivity contribution in [2.75, 3.05) is 6.54 Å². The van der Waals surface area contributed by atoms with Gasteiger partial charge in [-0.2, -0.15) is 0 Å². The number of hydrogen-bond donors (Lipinski definition) is 1. The normalized spacial score (nSPS) is 17.2. The first-order valence-electron chi connectivity index (χ1n) is 6.22. The van der Waals surface area contributed by atoms with E-state index in [0.29, 0.717) is 17.4 Å². The Hall–Kier alpha value is -1.20. The topological polar surface area (TPSA) is 32.3 Å². The van der Waals surface area contributed by atoms with Gasteiger partial charge in [0.2, 0.25) is 0 Å². The molecule has 0 atom stereocenters. The molecule has 1 saturated heterocycles. The molecule has 0 spiro atoms. The maximum atomic E-state index is 12.2. The summed E-state index contributed by atoms with van der Waals surface area (Å²) in [6, 6.07) is 7.76. The van der Waals surface area contributed by atoms with Crippen molar-refractivity contribution in [2.45, 2.75) is 19.8 Å². The van der Waals surface area contributed by atoms with E-state index in [1.54, 1.807) is 4.90 Å². The Morgan fingerprint density at radius 2 is 2.16 bits per heavy atom. The Kier molecular flexibility index (Phi) is 4.71. The van der Waals surface area contributed by atoms with E-state index in [-0.39, 0.29) is 5.91 Å². The van der Waals surface area contributed by atoms with Crippen molar-refractivity contribution in [3.05, 3.63) is 40.0 Å². The van der Waals surface area contributed by atoms with Crippen molar-refractivity contribution in [2.24, 2.45) is 0 Å². The van der Waals surface area contributed by atoms with Gasteiger partial charge in [0, 0.05) is 11.0 Å². The Balaban J connectivity index is 2.21. The molecule has 0 bridgehead atoms. The molecule has 2 rings (SSSR count). The molecule has 0 saturated carbocycles. The van der Waals surface area contributed by atoms with Crippen molar-refractivity contribution < 1.29 is 4.79 Å². The van der Waals surface area contributed by atoms with Gasteiger partial charge in [-0.1, -0.05) is 47.5 Å². The average Bonchev–Trinajstić information content (AvgIpc) is 2.65. The van der Waals surface area contributed by atoms with Crippen molar-refractivity contribution in [3.63, 3.8) is 0 Å². The molecule has 5 heteroatoms. The highest BCUT2D eigenvalue weighted by Gasteiger charge is 2.29. The first-order valence-corrected chi connectivity index (χ1v) is 7.42. The number of hydrogen-bond acceptors (Lipinski definition) is 2. The number of nitrogens with one attached hydrogen (secondary N) is 1. The minimum Gasteiger partial charge on any atom is -0.328 e. The van der Waals surface area contributed by atoms with Gasteiger partial charge >= 0.3 is 0 Å². The van der Waals surface area contributed by atoms with Crippen LogP contribution in [0.1, 0.15) is 25.3 Å². The lowest BCUT2D eigenvalue weighted by atomic mass is 10.2. The van der Waals surface area contributed by atoms with Crippen molar-refractivity contribution >= 4 is 45.2 Å². The first kappa shape index (κ1) is 14.2. The molecule has 1 heterocycles. The quantitative estimate of drug-likeness (QED) is 0.675. The van der Waals surface area contributed by atoms with E-state index in [1.165, 1.54) is 0 Å². The Morgan fingerprint density at radius 3 is 2.84 bits per heavy atom. The third-order valence-corrected chi connectivity index (χ3v) is 3.95. The molecule has 1 N–H and O–H groups in total. The molecule has 1 aromatic rings. The molecular weight excluding hydrogens is 324 g/mol. The Bertz CT molecular complexity index is 542. The zero-order chi connectivity index (χ0) is 13.8. The van der Waals surface area contributed by atoms with Crippen LogP contribution in [-0.4, -0.2) is 22.5 Å². The van der Waals surface area contributed by atoms with Gasteiger partial charge in [0.1, 0.15) is 5.70 Å². The van der Waals surface area contributed by atoms with Gasteiger partial charge in [0.25, 0.3) is 5.91 Å². The first-order chi connectivity index (χ1) is 9.13. The highest BCUT2D eigenvalue weighted by atomic mass is 79.9. The molecule has 19 heavy (non-hydrogen) atoms. The van der Waals surface area contributed by atoms with E-state index in [9.17, 15) is 4.79 Å². The predicted molar refractivity (Wildman–Crippen MR) is 84.5 cm³/mol. The summed E-state index contributed by atoms with van der Waals surface area (Å²) in [7, 11) is 0. The summed E-state index contributed by atoms with van der Waals surface area (Å²) in [5.74, 6) is -0.0470. The van der Waals surface area contributed by atoms with E-state index in [2.05, 4.69) is 28.2 Å². The van der Waals surface area contributed by atoms with Crippen molar-refractivity contribution in [1.82, 2.24) is 10.2 Å². The Morgan fingerprint density at radius 1 is 1.42 bits per heavy atom. The number of carbonyl (C=O) groups is 1.